The number of carboxylic acids is 1. The van der Waals surface area contributed by atoms with Gasteiger partial charge in [-0.25, -0.2) is 0 Å². The van der Waals surface area contributed by atoms with Gasteiger partial charge in [-0.15, -0.1) is 0 Å². The summed E-state index contributed by atoms with van der Waals surface area (Å²) in [6, 6.07) is 8.19. The van der Waals surface area contributed by atoms with Crippen molar-refractivity contribution in [2.24, 2.45) is 56.2 Å². The zero-order valence-electron chi connectivity index (χ0n) is 36.8. The second-order valence-corrected chi connectivity index (χ2v) is 22.2. The molecule has 4 saturated carbocycles. The smallest absolute Gasteiger partial charge is 0.309 e. The van der Waals surface area contributed by atoms with Crippen LogP contribution >= 0.6 is 11.6 Å². The Morgan fingerprint density at radius 2 is 1.57 bits per heavy atom. The van der Waals surface area contributed by atoms with Gasteiger partial charge in [-0.05, 0) is 150 Å². The molecule has 0 heterocycles. The van der Waals surface area contributed by atoms with Gasteiger partial charge in [0, 0.05) is 42.0 Å². The molecule has 56 heavy (non-hydrogen) atoms. The van der Waals surface area contributed by atoms with Crippen LogP contribution < -0.4 is 0 Å². The van der Waals surface area contributed by atoms with Gasteiger partial charge in [-0.3, -0.25) is 14.5 Å². The van der Waals surface area contributed by atoms with Crippen LogP contribution in [0.5, 0.6) is 0 Å². The van der Waals surface area contributed by atoms with Crippen molar-refractivity contribution < 1.29 is 24.5 Å². The fourth-order valence-electron chi connectivity index (χ4n) is 13.9. The number of halogens is 1. The van der Waals surface area contributed by atoms with E-state index in [4.69, 9.17) is 16.3 Å². The van der Waals surface area contributed by atoms with Gasteiger partial charge >= 0.3 is 11.9 Å². The molecule has 5 aliphatic carbocycles. The van der Waals surface area contributed by atoms with E-state index in [-0.39, 0.29) is 39.6 Å². The first-order valence-electron chi connectivity index (χ1n) is 22.0. The molecule has 5 aliphatic rings. The number of allylic oxidation sites excluding steroid dienone is 1. The Kier molecular flexibility index (Phi) is 12.2. The monoisotopic (exact) mass is 795 g/mol. The van der Waals surface area contributed by atoms with Crippen LogP contribution in [0, 0.1) is 56.2 Å². The average molecular weight is 796 g/mol. The Balaban J connectivity index is 1.26. The number of rotatable bonds is 13. The molecule has 0 aliphatic heterocycles. The van der Waals surface area contributed by atoms with Gasteiger partial charge in [-0.2, -0.15) is 0 Å². The third kappa shape index (κ3) is 7.44. The van der Waals surface area contributed by atoms with Gasteiger partial charge in [0.25, 0.3) is 0 Å². The van der Waals surface area contributed by atoms with E-state index in [1.165, 1.54) is 24.8 Å². The Morgan fingerprint density at radius 3 is 2.20 bits per heavy atom. The topological polar surface area (TPSA) is 90.3 Å². The fourth-order valence-corrected chi connectivity index (χ4v) is 14.0. The lowest BCUT2D eigenvalue weighted by Gasteiger charge is -2.72. The molecule has 9 atom stereocenters. The SMILES string of the molecule is CC(C)C1=C2[C@H]3CC[C@@H]4[C@@]5(C)CC[C@H](OC(=O)CC(C)(C)C(=O)O)C(C)(C)[C@@H]5CC[C@@]4(C)[C@]3(C)CC[C@@]2([C@@H](O)CN(CCN(C)C)Cc2ccc(Cl)cc2)CC1. The Bertz CT molecular complexity index is 1650. The average Bonchev–Trinajstić information content (AvgIpc) is 3.51. The summed E-state index contributed by atoms with van der Waals surface area (Å²) in [5.74, 6) is 0.569. The van der Waals surface area contributed by atoms with Gasteiger partial charge in [0.2, 0.25) is 0 Å². The molecule has 0 spiro atoms. The minimum atomic E-state index is -1.15. The molecule has 0 unspecified atom stereocenters. The number of aliphatic hydroxyl groups is 1. The van der Waals surface area contributed by atoms with Crippen LogP contribution in [0.1, 0.15) is 139 Å². The highest BCUT2D eigenvalue weighted by Gasteiger charge is 2.70. The number of aliphatic hydroxyl groups excluding tert-OH is 1. The summed E-state index contributed by atoms with van der Waals surface area (Å²) < 4.78 is 6.22. The number of fused-ring (bicyclic) bond motifs is 7. The largest absolute Gasteiger partial charge is 0.481 e. The maximum Gasteiger partial charge on any atom is 0.309 e. The third-order valence-electron chi connectivity index (χ3n) is 17.4. The van der Waals surface area contributed by atoms with Crippen molar-refractivity contribution in [2.45, 2.75) is 152 Å². The number of carbonyl (C=O) groups is 2. The van der Waals surface area contributed by atoms with E-state index in [0.717, 1.165) is 69.6 Å². The van der Waals surface area contributed by atoms with E-state index in [1.54, 1.807) is 25.0 Å². The van der Waals surface area contributed by atoms with Crippen molar-refractivity contribution in [2.75, 3.05) is 33.7 Å². The molecular weight excluding hydrogens is 720 g/mol. The van der Waals surface area contributed by atoms with Crippen LogP contribution in [-0.2, 0) is 20.9 Å². The summed E-state index contributed by atoms with van der Waals surface area (Å²) in [5, 5.41) is 23.1. The van der Waals surface area contributed by atoms with Gasteiger partial charge in [0.15, 0.2) is 0 Å². The molecule has 1 aromatic rings. The van der Waals surface area contributed by atoms with Gasteiger partial charge in [-0.1, -0.05) is 83.3 Å². The number of esters is 1. The Labute approximate surface area is 344 Å². The molecule has 0 aromatic heterocycles. The Morgan fingerprint density at radius 1 is 0.893 bits per heavy atom. The molecule has 1 aromatic carbocycles. The molecule has 0 amide bonds. The van der Waals surface area contributed by atoms with E-state index in [0.29, 0.717) is 30.2 Å². The van der Waals surface area contributed by atoms with E-state index in [2.05, 4.69) is 84.5 Å². The van der Waals surface area contributed by atoms with Crippen molar-refractivity contribution in [3.8, 4) is 0 Å². The Hall–Kier alpha value is -1.93. The van der Waals surface area contributed by atoms with E-state index in [9.17, 15) is 19.8 Å². The highest BCUT2D eigenvalue weighted by atomic mass is 35.5. The quantitative estimate of drug-likeness (QED) is 0.152. The van der Waals surface area contributed by atoms with Crippen LogP contribution in [0.3, 0.4) is 0 Å². The van der Waals surface area contributed by atoms with Crippen molar-refractivity contribution in [3.63, 3.8) is 0 Å². The normalized spacial score (nSPS) is 35.9. The standard InChI is InChI=1S/C48H75ClN2O5/c1-31(2)34-18-23-48(38(52)30-51(27-26-50(10)11)29-32-12-14-33(49)15-13-32)25-24-46(8)35(41(34)48)16-17-37-45(7)21-20-39(56-40(53)28-43(3,4)42(54)55)44(5,6)36(45)19-22-47(37,46)9/h12-15,31,35-39,52H,16-30H2,1-11H3,(H,54,55)/t35-,36+,37-,38+,39+,45+,46-,47-,48-/m1/s1. The maximum atomic E-state index is 13.2. The number of nitrogens with zero attached hydrogens (tertiary/aromatic N) is 2. The molecule has 8 heteroatoms. The van der Waals surface area contributed by atoms with Gasteiger partial charge in [0.05, 0.1) is 17.9 Å². The minimum Gasteiger partial charge on any atom is -0.481 e. The molecule has 0 saturated heterocycles. The van der Waals surface area contributed by atoms with Crippen LogP contribution in [0.25, 0.3) is 0 Å². The summed E-state index contributed by atoms with van der Waals surface area (Å²) in [4.78, 5) is 29.7. The van der Waals surface area contributed by atoms with Crippen LogP contribution in [0.15, 0.2) is 35.4 Å². The first-order valence-corrected chi connectivity index (χ1v) is 22.4. The minimum absolute atomic E-state index is 0.113. The molecule has 0 radical (unpaired) electrons. The summed E-state index contributed by atoms with van der Waals surface area (Å²) in [7, 11) is 4.25. The predicted molar refractivity (Wildman–Crippen MR) is 226 cm³/mol. The number of carboxylic acid groups (broad SMARTS) is 1. The molecule has 4 fully saturated rings. The van der Waals surface area contributed by atoms with Crippen molar-refractivity contribution >= 4 is 23.5 Å². The number of benzene rings is 1. The lowest BCUT2D eigenvalue weighted by molar-refractivity contribution is -0.235. The van der Waals surface area contributed by atoms with Crippen LogP contribution in [0.4, 0.5) is 0 Å². The predicted octanol–water partition coefficient (Wildman–Crippen LogP) is 10.3. The third-order valence-corrected chi connectivity index (χ3v) is 17.6. The van der Waals surface area contributed by atoms with E-state index < -0.39 is 23.5 Å². The summed E-state index contributed by atoms with van der Waals surface area (Å²) in [6.45, 7) is 23.8. The maximum absolute atomic E-state index is 13.2. The first-order chi connectivity index (χ1) is 26.0. The van der Waals surface area contributed by atoms with E-state index in [1.807, 2.05) is 12.1 Å². The van der Waals surface area contributed by atoms with Crippen molar-refractivity contribution in [1.82, 2.24) is 9.80 Å². The number of carbonyl (C=O) groups excluding carboxylic acids is 1. The lowest BCUT2D eigenvalue weighted by atomic mass is 9.33. The molecular formula is C48H75ClN2O5. The number of hydrogen-bond donors (Lipinski definition) is 2. The zero-order chi connectivity index (χ0) is 41.2. The van der Waals surface area contributed by atoms with Gasteiger partial charge < -0.3 is 19.8 Å². The van der Waals surface area contributed by atoms with Gasteiger partial charge in [0.1, 0.15) is 6.10 Å². The number of aliphatic carboxylic acids is 1. The molecule has 314 valence electrons. The van der Waals surface area contributed by atoms with Crippen molar-refractivity contribution in [3.05, 3.63) is 46.0 Å². The number of ether oxygens (including phenoxy) is 1. The summed E-state index contributed by atoms with van der Waals surface area (Å²) in [6.07, 6.45) is 10.1. The summed E-state index contributed by atoms with van der Waals surface area (Å²) >= 11 is 6.26. The van der Waals surface area contributed by atoms with Crippen LogP contribution in [-0.4, -0.2) is 77.9 Å². The highest BCUT2D eigenvalue weighted by molar-refractivity contribution is 6.30. The molecule has 7 nitrogen and oxygen atoms in total. The molecule has 6 rings (SSSR count). The van der Waals surface area contributed by atoms with E-state index >= 15 is 0 Å². The van der Waals surface area contributed by atoms with Crippen LogP contribution in [0.2, 0.25) is 5.02 Å². The zero-order valence-corrected chi connectivity index (χ0v) is 37.5. The van der Waals surface area contributed by atoms with Crippen molar-refractivity contribution in [1.29, 1.82) is 0 Å². The lowest BCUT2D eigenvalue weighted by Crippen LogP contribution is -2.66. The first kappa shape index (κ1) is 43.6. The molecule has 0 bridgehead atoms. The molecule has 2 N–H and O–H groups in total. The second kappa shape index (κ2) is 15.6. The summed E-state index contributed by atoms with van der Waals surface area (Å²) in [5.41, 5.74) is 3.41. The number of likely N-dealkylation sites (N-methyl/N-ethyl adjacent to an activating group) is 1. The fraction of sp³-hybridized carbons (Fsp3) is 0.792. The second-order valence-electron chi connectivity index (χ2n) is 21.7. The number of hydrogen-bond acceptors (Lipinski definition) is 6. The highest BCUT2D eigenvalue weighted by Crippen LogP contribution is 2.77.